The summed E-state index contributed by atoms with van der Waals surface area (Å²) < 4.78 is 32.0. The number of para-hydroxylation sites is 1. The molecular formula is C17H17F2NO2. The summed E-state index contributed by atoms with van der Waals surface area (Å²) in [5, 5.41) is 2.35. The van der Waals surface area contributed by atoms with Gasteiger partial charge in [0.2, 0.25) is 5.91 Å². The Morgan fingerprint density at radius 2 is 1.91 bits per heavy atom. The molecule has 0 bridgehead atoms. The zero-order chi connectivity index (χ0) is 15.9. The molecule has 22 heavy (non-hydrogen) atoms. The van der Waals surface area contributed by atoms with Gasteiger partial charge in [0.15, 0.2) is 11.6 Å². The van der Waals surface area contributed by atoms with E-state index in [1.807, 2.05) is 31.2 Å². The van der Waals surface area contributed by atoms with E-state index in [9.17, 15) is 13.6 Å². The summed E-state index contributed by atoms with van der Waals surface area (Å²) >= 11 is 0. The van der Waals surface area contributed by atoms with Crippen LogP contribution < -0.4 is 10.1 Å². The molecule has 0 unspecified atom stereocenters. The number of rotatable bonds is 6. The highest BCUT2D eigenvalue weighted by molar-refractivity contribution is 5.90. The Kier molecular flexibility index (Phi) is 5.47. The van der Waals surface area contributed by atoms with Crippen LogP contribution in [0, 0.1) is 18.6 Å². The number of nitrogens with one attached hydrogen (secondary N) is 1. The van der Waals surface area contributed by atoms with Crippen molar-refractivity contribution >= 4 is 11.6 Å². The molecule has 3 nitrogen and oxygen atoms in total. The summed E-state index contributed by atoms with van der Waals surface area (Å²) in [6.07, 6.45) is 0.652. The summed E-state index contributed by atoms with van der Waals surface area (Å²) in [6.45, 7) is 2.32. The lowest BCUT2D eigenvalue weighted by Crippen LogP contribution is -2.14. The topological polar surface area (TPSA) is 38.3 Å². The van der Waals surface area contributed by atoms with Gasteiger partial charge in [0.05, 0.1) is 12.3 Å². The van der Waals surface area contributed by atoms with E-state index in [0.29, 0.717) is 13.0 Å². The van der Waals surface area contributed by atoms with Gasteiger partial charge < -0.3 is 10.1 Å². The Hall–Kier alpha value is -2.43. The fourth-order valence-electron chi connectivity index (χ4n) is 1.95. The minimum absolute atomic E-state index is 0.148. The van der Waals surface area contributed by atoms with E-state index in [4.69, 9.17) is 4.74 Å². The molecule has 1 N–H and O–H groups in total. The minimum Gasteiger partial charge on any atom is -0.493 e. The summed E-state index contributed by atoms with van der Waals surface area (Å²) in [4.78, 5) is 11.7. The van der Waals surface area contributed by atoms with Crippen LogP contribution in [-0.4, -0.2) is 12.5 Å². The molecule has 0 aliphatic heterocycles. The lowest BCUT2D eigenvalue weighted by Gasteiger charge is -2.09. The maximum atomic E-state index is 13.4. The lowest BCUT2D eigenvalue weighted by atomic mass is 10.2. The zero-order valence-electron chi connectivity index (χ0n) is 12.2. The van der Waals surface area contributed by atoms with Crippen LogP contribution in [0.3, 0.4) is 0 Å². The van der Waals surface area contributed by atoms with Crippen LogP contribution in [0.25, 0.3) is 0 Å². The van der Waals surface area contributed by atoms with Crippen LogP contribution in [0.2, 0.25) is 0 Å². The number of hydrogen-bond acceptors (Lipinski definition) is 2. The van der Waals surface area contributed by atoms with Gasteiger partial charge >= 0.3 is 0 Å². The van der Waals surface area contributed by atoms with Gasteiger partial charge in [-0.25, -0.2) is 8.78 Å². The average molecular weight is 305 g/mol. The Labute approximate surface area is 127 Å². The van der Waals surface area contributed by atoms with E-state index in [-0.39, 0.29) is 18.0 Å². The van der Waals surface area contributed by atoms with Crippen molar-refractivity contribution in [2.24, 2.45) is 0 Å². The second kappa shape index (κ2) is 7.54. The second-order valence-electron chi connectivity index (χ2n) is 4.87. The van der Waals surface area contributed by atoms with Crippen LogP contribution in [0.4, 0.5) is 14.5 Å². The molecule has 0 atom stereocenters. The monoisotopic (exact) mass is 305 g/mol. The van der Waals surface area contributed by atoms with Gasteiger partial charge in [0, 0.05) is 6.42 Å². The van der Waals surface area contributed by atoms with Crippen molar-refractivity contribution in [1.82, 2.24) is 0 Å². The summed E-state index contributed by atoms with van der Waals surface area (Å²) in [6, 6.07) is 11.3. The molecule has 0 saturated carbocycles. The number of amides is 1. The summed E-state index contributed by atoms with van der Waals surface area (Å²) in [7, 11) is 0. The molecule has 2 aromatic rings. The number of carbonyl (C=O) groups is 1. The van der Waals surface area contributed by atoms with E-state index in [1.165, 1.54) is 12.1 Å². The average Bonchev–Trinajstić information content (AvgIpc) is 2.50. The maximum absolute atomic E-state index is 13.4. The SMILES string of the molecule is Cc1ccccc1OCCCC(=O)Nc1cccc(F)c1F. The van der Waals surface area contributed by atoms with Crippen LogP contribution in [-0.2, 0) is 4.79 Å². The molecule has 0 aromatic heterocycles. The summed E-state index contributed by atoms with van der Waals surface area (Å²) in [5.41, 5.74) is 0.874. The van der Waals surface area contributed by atoms with Crippen LogP contribution in [0.5, 0.6) is 5.75 Å². The molecule has 0 fully saturated rings. The van der Waals surface area contributed by atoms with Gasteiger partial charge in [-0.2, -0.15) is 0 Å². The summed E-state index contributed by atoms with van der Waals surface area (Å²) in [5.74, 6) is -1.63. The van der Waals surface area contributed by atoms with E-state index >= 15 is 0 Å². The van der Waals surface area contributed by atoms with Gasteiger partial charge in [-0.15, -0.1) is 0 Å². The van der Waals surface area contributed by atoms with Crippen molar-refractivity contribution in [2.75, 3.05) is 11.9 Å². The van der Waals surface area contributed by atoms with Crippen molar-refractivity contribution in [3.05, 3.63) is 59.7 Å². The van der Waals surface area contributed by atoms with Gasteiger partial charge in [-0.05, 0) is 37.1 Å². The molecule has 2 aromatic carbocycles. The van der Waals surface area contributed by atoms with E-state index < -0.39 is 11.6 Å². The van der Waals surface area contributed by atoms with Gasteiger partial charge in [0.25, 0.3) is 0 Å². The van der Waals surface area contributed by atoms with Crippen LogP contribution in [0.1, 0.15) is 18.4 Å². The van der Waals surface area contributed by atoms with Gasteiger partial charge in [-0.1, -0.05) is 24.3 Å². The Morgan fingerprint density at radius 3 is 2.68 bits per heavy atom. The zero-order valence-corrected chi connectivity index (χ0v) is 12.2. The van der Waals surface area contributed by atoms with Crippen molar-refractivity contribution in [1.29, 1.82) is 0 Å². The quantitative estimate of drug-likeness (QED) is 0.817. The van der Waals surface area contributed by atoms with Crippen molar-refractivity contribution in [3.8, 4) is 5.75 Å². The third-order valence-corrected chi connectivity index (χ3v) is 3.13. The predicted molar refractivity (Wildman–Crippen MR) is 80.9 cm³/mol. The first kappa shape index (κ1) is 15.9. The number of hydrogen-bond donors (Lipinski definition) is 1. The fraction of sp³-hybridized carbons (Fsp3) is 0.235. The maximum Gasteiger partial charge on any atom is 0.224 e. The van der Waals surface area contributed by atoms with Crippen LogP contribution in [0.15, 0.2) is 42.5 Å². The third kappa shape index (κ3) is 4.28. The highest BCUT2D eigenvalue weighted by Crippen LogP contribution is 2.18. The molecular weight excluding hydrogens is 288 g/mol. The first-order valence-electron chi connectivity index (χ1n) is 7.00. The fourth-order valence-corrected chi connectivity index (χ4v) is 1.95. The van der Waals surface area contributed by atoms with Crippen molar-refractivity contribution in [2.45, 2.75) is 19.8 Å². The van der Waals surface area contributed by atoms with E-state index in [2.05, 4.69) is 5.32 Å². The van der Waals surface area contributed by atoms with Gasteiger partial charge in [0.1, 0.15) is 5.75 Å². The number of carbonyl (C=O) groups excluding carboxylic acids is 1. The minimum atomic E-state index is -1.05. The van der Waals surface area contributed by atoms with Crippen LogP contribution >= 0.6 is 0 Å². The van der Waals surface area contributed by atoms with Crippen molar-refractivity contribution < 1.29 is 18.3 Å². The molecule has 2 rings (SSSR count). The van der Waals surface area contributed by atoms with E-state index in [1.54, 1.807) is 0 Å². The second-order valence-corrected chi connectivity index (χ2v) is 4.87. The lowest BCUT2D eigenvalue weighted by molar-refractivity contribution is -0.116. The molecule has 0 aliphatic carbocycles. The first-order chi connectivity index (χ1) is 10.6. The molecule has 5 heteroatoms. The molecule has 116 valence electrons. The number of anilines is 1. The molecule has 0 saturated heterocycles. The standard InChI is InChI=1S/C17H17F2NO2/c1-12-6-2-3-9-15(12)22-11-5-10-16(21)20-14-8-4-7-13(18)17(14)19/h2-4,6-9H,5,10-11H2,1H3,(H,20,21). The molecule has 0 spiro atoms. The largest absolute Gasteiger partial charge is 0.493 e. The van der Waals surface area contributed by atoms with Crippen molar-refractivity contribution in [3.63, 3.8) is 0 Å². The molecule has 0 heterocycles. The van der Waals surface area contributed by atoms with E-state index in [0.717, 1.165) is 17.4 Å². The molecule has 0 aliphatic rings. The highest BCUT2D eigenvalue weighted by Gasteiger charge is 2.10. The Morgan fingerprint density at radius 1 is 1.14 bits per heavy atom. The smallest absolute Gasteiger partial charge is 0.224 e. The number of halogens is 2. The third-order valence-electron chi connectivity index (χ3n) is 3.13. The first-order valence-corrected chi connectivity index (χ1v) is 7.00. The Balaban J connectivity index is 1.76. The normalized spacial score (nSPS) is 10.3. The highest BCUT2D eigenvalue weighted by atomic mass is 19.2. The number of benzene rings is 2. The predicted octanol–water partition coefficient (Wildman–Crippen LogP) is 4.07. The number of ether oxygens (including phenoxy) is 1. The van der Waals surface area contributed by atoms with Gasteiger partial charge in [-0.3, -0.25) is 4.79 Å². The molecule has 0 radical (unpaired) electrons. The number of aryl methyl sites for hydroxylation is 1. The molecule has 1 amide bonds. The Bertz CT molecular complexity index is 659.